The quantitative estimate of drug-likeness (QED) is 0.892. The Balaban J connectivity index is 1.44. The number of carbonyl (C=O) groups excluding carboxylic acids is 1. The second-order valence-electron chi connectivity index (χ2n) is 6.93. The van der Waals surface area contributed by atoms with Crippen molar-refractivity contribution in [1.29, 1.82) is 0 Å². The molecule has 0 saturated carbocycles. The van der Waals surface area contributed by atoms with E-state index in [1.54, 1.807) is 7.11 Å². The molecule has 1 aromatic carbocycles. The number of rotatable bonds is 2. The van der Waals surface area contributed by atoms with Crippen LogP contribution < -0.4 is 10.1 Å². The van der Waals surface area contributed by atoms with Crippen molar-refractivity contribution in [1.82, 2.24) is 10.2 Å². The summed E-state index contributed by atoms with van der Waals surface area (Å²) in [6.07, 6.45) is 5.95. The molecular formula is C19H24N2O4. The summed E-state index contributed by atoms with van der Waals surface area (Å²) in [7, 11) is 1.65. The molecule has 1 N–H and O–H groups in total. The number of hydrogen-bond donors (Lipinski definition) is 1. The third-order valence-electron chi connectivity index (χ3n) is 5.21. The first-order valence-corrected chi connectivity index (χ1v) is 8.82. The fourth-order valence-corrected chi connectivity index (χ4v) is 3.80. The predicted molar refractivity (Wildman–Crippen MR) is 93.6 cm³/mol. The standard InChI is InChI=1S/C19H24N2O4/c1-23-17-12-24-11-15(17)20-18(22)21-10-4-8-19(13-21)9-7-14-5-2-3-6-16(14)25-19/h2-3,5-7,9,15,17H,4,8,10-13H2,1H3,(H,20,22)/t15-,17+,19?/m0/s1. The van der Waals surface area contributed by atoms with Gasteiger partial charge in [-0.15, -0.1) is 0 Å². The Labute approximate surface area is 147 Å². The molecular weight excluding hydrogens is 320 g/mol. The van der Waals surface area contributed by atoms with E-state index < -0.39 is 5.60 Å². The number of nitrogens with one attached hydrogen (secondary N) is 1. The smallest absolute Gasteiger partial charge is 0.317 e. The van der Waals surface area contributed by atoms with E-state index >= 15 is 0 Å². The molecule has 0 aliphatic carbocycles. The minimum atomic E-state index is -0.434. The summed E-state index contributed by atoms with van der Waals surface area (Å²) in [4.78, 5) is 14.6. The van der Waals surface area contributed by atoms with Crippen molar-refractivity contribution < 1.29 is 19.0 Å². The van der Waals surface area contributed by atoms with Gasteiger partial charge >= 0.3 is 6.03 Å². The molecule has 2 fully saturated rings. The molecule has 0 bridgehead atoms. The van der Waals surface area contributed by atoms with Crippen LogP contribution in [0.2, 0.25) is 0 Å². The van der Waals surface area contributed by atoms with Crippen LogP contribution in [0.1, 0.15) is 18.4 Å². The lowest BCUT2D eigenvalue weighted by Crippen LogP contribution is -2.57. The molecule has 4 rings (SSSR count). The average Bonchev–Trinajstić information content (AvgIpc) is 3.09. The van der Waals surface area contributed by atoms with Crippen molar-refractivity contribution >= 4 is 12.1 Å². The van der Waals surface area contributed by atoms with Crippen LogP contribution in [0.15, 0.2) is 30.3 Å². The first-order chi connectivity index (χ1) is 12.2. The number of hydrogen-bond acceptors (Lipinski definition) is 4. The van der Waals surface area contributed by atoms with Crippen LogP contribution in [0.25, 0.3) is 6.08 Å². The fraction of sp³-hybridized carbons (Fsp3) is 0.526. The van der Waals surface area contributed by atoms with Gasteiger partial charge in [0.05, 0.1) is 25.8 Å². The zero-order valence-corrected chi connectivity index (χ0v) is 14.4. The van der Waals surface area contributed by atoms with Crippen LogP contribution in [0.5, 0.6) is 5.75 Å². The van der Waals surface area contributed by atoms with E-state index in [9.17, 15) is 4.79 Å². The summed E-state index contributed by atoms with van der Waals surface area (Å²) in [5.74, 6) is 0.885. The van der Waals surface area contributed by atoms with Gasteiger partial charge in [-0.3, -0.25) is 0 Å². The number of likely N-dealkylation sites (tertiary alicyclic amines) is 1. The highest BCUT2D eigenvalue weighted by molar-refractivity contribution is 5.75. The molecule has 25 heavy (non-hydrogen) atoms. The lowest BCUT2D eigenvalue weighted by Gasteiger charge is -2.43. The molecule has 0 radical (unpaired) electrons. The van der Waals surface area contributed by atoms with Crippen molar-refractivity contribution in [2.75, 3.05) is 33.4 Å². The Kier molecular flexibility index (Phi) is 4.39. The van der Waals surface area contributed by atoms with Gasteiger partial charge in [0.25, 0.3) is 0 Å². The normalized spacial score (nSPS) is 30.8. The lowest BCUT2D eigenvalue weighted by molar-refractivity contribution is 0.0385. The van der Waals surface area contributed by atoms with Gasteiger partial charge < -0.3 is 24.4 Å². The topological polar surface area (TPSA) is 60.0 Å². The average molecular weight is 344 g/mol. The molecule has 134 valence electrons. The summed E-state index contributed by atoms with van der Waals surface area (Å²) in [5, 5.41) is 3.05. The number of ether oxygens (including phenoxy) is 3. The van der Waals surface area contributed by atoms with Crippen LogP contribution in [0, 0.1) is 0 Å². The Morgan fingerprint density at radius 2 is 2.24 bits per heavy atom. The zero-order chi connectivity index (χ0) is 17.3. The number of piperidine rings is 1. The molecule has 1 aromatic rings. The van der Waals surface area contributed by atoms with Crippen molar-refractivity contribution in [2.45, 2.75) is 30.6 Å². The molecule has 3 aliphatic rings. The number of fused-ring (bicyclic) bond motifs is 1. The molecule has 0 aromatic heterocycles. The van der Waals surface area contributed by atoms with Gasteiger partial charge in [0.1, 0.15) is 17.5 Å². The summed E-state index contributed by atoms with van der Waals surface area (Å²) in [6, 6.07) is 7.83. The van der Waals surface area contributed by atoms with Crippen LogP contribution >= 0.6 is 0 Å². The highest BCUT2D eigenvalue weighted by Gasteiger charge is 2.40. The number of benzene rings is 1. The van der Waals surface area contributed by atoms with Crippen LogP contribution in [0.4, 0.5) is 4.79 Å². The Hall–Kier alpha value is -2.05. The van der Waals surface area contributed by atoms with Gasteiger partial charge in [-0.05, 0) is 25.0 Å². The lowest BCUT2D eigenvalue weighted by atomic mass is 9.89. The summed E-state index contributed by atoms with van der Waals surface area (Å²) >= 11 is 0. The SMILES string of the molecule is CO[C@@H]1COC[C@@H]1NC(=O)N1CCCC2(C=Cc3ccccc3O2)C1. The van der Waals surface area contributed by atoms with Crippen LogP contribution in [-0.4, -0.2) is 62.1 Å². The Bertz CT molecular complexity index is 677. The summed E-state index contributed by atoms with van der Waals surface area (Å²) < 4.78 is 17.1. The van der Waals surface area contributed by atoms with E-state index in [1.165, 1.54) is 0 Å². The third kappa shape index (κ3) is 3.24. The second kappa shape index (κ2) is 6.69. The monoisotopic (exact) mass is 344 g/mol. The highest BCUT2D eigenvalue weighted by atomic mass is 16.5. The first kappa shape index (κ1) is 16.4. The van der Waals surface area contributed by atoms with Gasteiger partial charge in [0, 0.05) is 19.2 Å². The van der Waals surface area contributed by atoms with E-state index in [1.807, 2.05) is 29.2 Å². The number of nitrogens with zero attached hydrogens (tertiary/aromatic N) is 1. The van der Waals surface area contributed by atoms with Gasteiger partial charge in [-0.25, -0.2) is 4.79 Å². The number of carbonyl (C=O) groups is 1. The molecule has 3 aliphatic heterocycles. The van der Waals surface area contributed by atoms with Crippen molar-refractivity contribution in [3.63, 3.8) is 0 Å². The van der Waals surface area contributed by atoms with Crippen LogP contribution in [0.3, 0.4) is 0 Å². The highest BCUT2D eigenvalue weighted by Crippen LogP contribution is 2.36. The number of para-hydroxylation sites is 1. The van der Waals surface area contributed by atoms with Crippen molar-refractivity contribution in [3.05, 3.63) is 35.9 Å². The Morgan fingerprint density at radius 3 is 3.12 bits per heavy atom. The molecule has 2 saturated heterocycles. The van der Waals surface area contributed by atoms with E-state index in [0.29, 0.717) is 19.8 Å². The zero-order valence-electron chi connectivity index (χ0n) is 14.4. The largest absolute Gasteiger partial charge is 0.481 e. The first-order valence-electron chi connectivity index (χ1n) is 8.82. The predicted octanol–water partition coefficient (Wildman–Crippen LogP) is 2.05. The third-order valence-corrected chi connectivity index (χ3v) is 5.21. The van der Waals surface area contributed by atoms with E-state index in [4.69, 9.17) is 14.2 Å². The van der Waals surface area contributed by atoms with Crippen LogP contribution in [-0.2, 0) is 9.47 Å². The number of urea groups is 1. The number of amides is 2. The van der Waals surface area contributed by atoms with E-state index in [-0.39, 0.29) is 18.2 Å². The molecule has 3 heterocycles. The number of methoxy groups -OCH3 is 1. The minimum Gasteiger partial charge on any atom is -0.481 e. The second-order valence-corrected chi connectivity index (χ2v) is 6.93. The Morgan fingerprint density at radius 1 is 1.36 bits per heavy atom. The van der Waals surface area contributed by atoms with Gasteiger partial charge in [0.2, 0.25) is 0 Å². The van der Waals surface area contributed by atoms with E-state index in [2.05, 4.69) is 17.5 Å². The summed E-state index contributed by atoms with van der Waals surface area (Å²) in [5.41, 5.74) is 0.650. The summed E-state index contributed by atoms with van der Waals surface area (Å²) in [6.45, 7) is 2.30. The van der Waals surface area contributed by atoms with Gasteiger partial charge in [-0.1, -0.05) is 24.3 Å². The molecule has 1 unspecified atom stereocenters. The fourth-order valence-electron chi connectivity index (χ4n) is 3.80. The molecule has 6 nitrogen and oxygen atoms in total. The maximum Gasteiger partial charge on any atom is 0.317 e. The van der Waals surface area contributed by atoms with E-state index in [0.717, 1.165) is 30.7 Å². The maximum absolute atomic E-state index is 12.7. The van der Waals surface area contributed by atoms with Crippen molar-refractivity contribution in [3.8, 4) is 5.75 Å². The van der Waals surface area contributed by atoms with Gasteiger partial charge in [-0.2, -0.15) is 0 Å². The minimum absolute atomic E-state index is 0.0764. The maximum atomic E-state index is 12.7. The van der Waals surface area contributed by atoms with Gasteiger partial charge in [0.15, 0.2) is 0 Å². The molecule has 2 amide bonds. The molecule has 1 spiro atoms. The molecule has 3 atom stereocenters. The molecule has 6 heteroatoms. The van der Waals surface area contributed by atoms with Crippen molar-refractivity contribution in [2.24, 2.45) is 0 Å².